The van der Waals surface area contributed by atoms with E-state index in [4.69, 9.17) is 5.11 Å². The normalized spacial score (nSPS) is 9.83. The third-order valence-electron chi connectivity index (χ3n) is 2.47. The van der Waals surface area contributed by atoms with Crippen LogP contribution in [0.15, 0.2) is 12.7 Å². The summed E-state index contributed by atoms with van der Waals surface area (Å²) in [4.78, 5) is 23.7. The number of amides is 2. The molecular weight excluding hydrogens is 232 g/mol. The zero-order valence-electron chi connectivity index (χ0n) is 11.2. The number of nitrogens with one attached hydrogen (secondary N) is 1. The predicted molar refractivity (Wildman–Crippen MR) is 71.6 cm³/mol. The average molecular weight is 256 g/mol. The number of carboxylic acids is 1. The lowest BCUT2D eigenvalue weighted by Crippen LogP contribution is -2.40. The summed E-state index contributed by atoms with van der Waals surface area (Å²) in [5.74, 6) is -0.765. The Morgan fingerprint density at radius 1 is 1.33 bits per heavy atom. The van der Waals surface area contributed by atoms with Crippen LogP contribution in [-0.4, -0.2) is 41.6 Å². The van der Waals surface area contributed by atoms with Crippen LogP contribution in [-0.2, 0) is 4.79 Å². The summed E-state index contributed by atoms with van der Waals surface area (Å²) in [7, 11) is 0. The van der Waals surface area contributed by atoms with Crippen molar-refractivity contribution in [2.45, 2.75) is 39.0 Å². The fourth-order valence-electron chi connectivity index (χ4n) is 1.59. The van der Waals surface area contributed by atoms with Gasteiger partial charge in [0.2, 0.25) is 0 Å². The molecule has 0 fully saturated rings. The molecule has 0 aromatic carbocycles. The smallest absolute Gasteiger partial charge is 0.317 e. The number of carbonyl (C=O) groups excluding carboxylic acids is 1. The predicted octanol–water partition coefficient (Wildman–Crippen LogP) is 2.24. The number of rotatable bonds is 10. The van der Waals surface area contributed by atoms with Crippen LogP contribution in [0.1, 0.15) is 39.0 Å². The Morgan fingerprint density at radius 2 is 2.06 bits per heavy atom. The monoisotopic (exact) mass is 256 g/mol. The first-order chi connectivity index (χ1) is 8.61. The molecule has 0 radical (unpaired) electrons. The van der Waals surface area contributed by atoms with Crippen LogP contribution in [0.4, 0.5) is 4.79 Å². The molecule has 5 heteroatoms. The van der Waals surface area contributed by atoms with Crippen LogP contribution < -0.4 is 5.32 Å². The van der Waals surface area contributed by atoms with Gasteiger partial charge in [0.05, 0.1) is 0 Å². The molecule has 0 aromatic heterocycles. The highest BCUT2D eigenvalue weighted by molar-refractivity contribution is 5.74. The summed E-state index contributed by atoms with van der Waals surface area (Å²) in [6.45, 7) is 7.51. The van der Waals surface area contributed by atoms with E-state index in [1.165, 1.54) is 0 Å². The molecule has 0 atom stereocenters. The molecule has 0 spiro atoms. The van der Waals surface area contributed by atoms with Gasteiger partial charge in [-0.15, -0.1) is 6.58 Å². The number of hydrogen-bond acceptors (Lipinski definition) is 2. The second kappa shape index (κ2) is 10.6. The van der Waals surface area contributed by atoms with E-state index in [0.717, 1.165) is 25.8 Å². The van der Waals surface area contributed by atoms with Gasteiger partial charge >= 0.3 is 12.0 Å². The van der Waals surface area contributed by atoms with Crippen LogP contribution in [0.5, 0.6) is 0 Å². The summed E-state index contributed by atoms with van der Waals surface area (Å²) in [6, 6.07) is -0.0741. The molecule has 0 heterocycles. The Kier molecular flexibility index (Phi) is 9.73. The van der Waals surface area contributed by atoms with E-state index in [2.05, 4.69) is 11.9 Å². The van der Waals surface area contributed by atoms with Crippen molar-refractivity contribution in [1.29, 1.82) is 0 Å². The van der Waals surface area contributed by atoms with Gasteiger partial charge in [-0.25, -0.2) is 4.79 Å². The molecule has 0 saturated heterocycles. The van der Waals surface area contributed by atoms with E-state index >= 15 is 0 Å². The number of hydrogen-bond donors (Lipinski definition) is 2. The van der Waals surface area contributed by atoms with Gasteiger partial charge in [0.25, 0.3) is 0 Å². The molecule has 0 aliphatic rings. The van der Waals surface area contributed by atoms with E-state index in [9.17, 15) is 9.59 Å². The van der Waals surface area contributed by atoms with Crippen LogP contribution >= 0.6 is 0 Å². The highest BCUT2D eigenvalue weighted by Crippen LogP contribution is 1.99. The lowest BCUT2D eigenvalue weighted by atomic mass is 10.2. The highest BCUT2D eigenvalue weighted by Gasteiger charge is 2.09. The molecule has 0 unspecified atom stereocenters. The number of unbranched alkanes of at least 4 members (excludes halogenated alkanes) is 2. The van der Waals surface area contributed by atoms with Crippen molar-refractivity contribution >= 4 is 12.0 Å². The Morgan fingerprint density at radius 3 is 2.61 bits per heavy atom. The molecule has 18 heavy (non-hydrogen) atoms. The number of nitrogens with zero attached hydrogens (tertiary/aromatic N) is 1. The number of carbonyl (C=O) groups is 2. The first kappa shape index (κ1) is 16.5. The summed E-state index contributed by atoms with van der Waals surface area (Å²) in [5.41, 5.74) is 0. The van der Waals surface area contributed by atoms with Crippen LogP contribution in [0.25, 0.3) is 0 Å². The number of aliphatic carboxylic acids is 1. The molecule has 0 bridgehead atoms. The Labute approximate surface area is 109 Å². The molecule has 2 amide bonds. The third kappa shape index (κ3) is 8.61. The zero-order valence-corrected chi connectivity index (χ0v) is 11.2. The Bertz CT molecular complexity index is 267. The second-order valence-electron chi connectivity index (χ2n) is 4.17. The van der Waals surface area contributed by atoms with Crippen molar-refractivity contribution in [1.82, 2.24) is 10.2 Å². The van der Waals surface area contributed by atoms with E-state index < -0.39 is 5.97 Å². The van der Waals surface area contributed by atoms with Gasteiger partial charge in [-0.05, 0) is 19.3 Å². The second-order valence-corrected chi connectivity index (χ2v) is 4.17. The van der Waals surface area contributed by atoms with Crippen molar-refractivity contribution in [3.63, 3.8) is 0 Å². The molecular formula is C13H24N2O3. The van der Waals surface area contributed by atoms with Gasteiger partial charge in [0, 0.05) is 26.1 Å². The maximum atomic E-state index is 11.7. The number of carboxylic acid groups (broad SMARTS) is 1. The van der Waals surface area contributed by atoms with E-state index in [1.54, 1.807) is 11.0 Å². The minimum absolute atomic E-state index is 0.0741. The van der Waals surface area contributed by atoms with Gasteiger partial charge in [-0.1, -0.05) is 19.4 Å². The minimum Gasteiger partial charge on any atom is -0.481 e. The first-order valence-corrected chi connectivity index (χ1v) is 6.47. The van der Waals surface area contributed by atoms with Crippen LogP contribution in [0, 0.1) is 0 Å². The Hall–Kier alpha value is -1.52. The van der Waals surface area contributed by atoms with Gasteiger partial charge in [0.1, 0.15) is 0 Å². The maximum Gasteiger partial charge on any atom is 0.317 e. The highest BCUT2D eigenvalue weighted by atomic mass is 16.4. The molecule has 2 N–H and O–H groups in total. The van der Waals surface area contributed by atoms with Gasteiger partial charge in [-0.3, -0.25) is 4.79 Å². The maximum absolute atomic E-state index is 11.7. The van der Waals surface area contributed by atoms with Crippen LogP contribution in [0.3, 0.4) is 0 Å². The SMILES string of the molecule is C=CCN(CCC)C(=O)NCCCCCC(=O)O. The fraction of sp³-hybridized carbons (Fsp3) is 0.692. The van der Waals surface area contributed by atoms with Crippen molar-refractivity contribution < 1.29 is 14.7 Å². The summed E-state index contributed by atoms with van der Waals surface area (Å²) in [5, 5.41) is 11.3. The quantitative estimate of drug-likeness (QED) is 0.465. The van der Waals surface area contributed by atoms with Crippen molar-refractivity contribution in [3.05, 3.63) is 12.7 Å². The van der Waals surface area contributed by atoms with Gasteiger partial charge in [0.15, 0.2) is 0 Å². The summed E-state index contributed by atoms with van der Waals surface area (Å²) < 4.78 is 0. The lowest BCUT2D eigenvalue weighted by Gasteiger charge is -2.20. The van der Waals surface area contributed by atoms with E-state index in [1.807, 2.05) is 6.92 Å². The van der Waals surface area contributed by atoms with Crippen molar-refractivity contribution in [2.75, 3.05) is 19.6 Å². The van der Waals surface area contributed by atoms with E-state index in [-0.39, 0.29) is 12.5 Å². The standard InChI is InChI=1S/C13H24N2O3/c1-3-10-15(11-4-2)13(18)14-9-7-5-6-8-12(16)17/h3H,1,4-11H2,2H3,(H,14,18)(H,16,17). The van der Waals surface area contributed by atoms with E-state index in [0.29, 0.717) is 19.5 Å². The van der Waals surface area contributed by atoms with Crippen molar-refractivity contribution in [2.24, 2.45) is 0 Å². The first-order valence-electron chi connectivity index (χ1n) is 6.47. The molecule has 5 nitrogen and oxygen atoms in total. The fourth-order valence-corrected chi connectivity index (χ4v) is 1.59. The largest absolute Gasteiger partial charge is 0.481 e. The zero-order chi connectivity index (χ0) is 13.8. The summed E-state index contributed by atoms with van der Waals surface area (Å²) >= 11 is 0. The van der Waals surface area contributed by atoms with Gasteiger partial charge in [-0.2, -0.15) is 0 Å². The number of urea groups is 1. The minimum atomic E-state index is -0.765. The molecule has 0 saturated carbocycles. The van der Waals surface area contributed by atoms with Gasteiger partial charge < -0.3 is 15.3 Å². The Balaban J connectivity index is 3.66. The molecule has 0 aliphatic heterocycles. The lowest BCUT2D eigenvalue weighted by molar-refractivity contribution is -0.137. The molecule has 104 valence electrons. The van der Waals surface area contributed by atoms with Crippen molar-refractivity contribution in [3.8, 4) is 0 Å². The molecule has 0 rings (SSSR count). The van der Waals surface area contributed by atoms with Crippen LogP contribution in [0.2, 0.25) is 0 Å². The average Bonchev–Trinajstić information content (AvgIpc) is 2.32. The third-order valence-corrected chi connectivity index (χ3v) is 2.47. The topological polar surface area (TPSA) is 69.6 Å². The molecule has 0 aromatic rings. The molecule has 0 aliphatic carbocycles. The summed E-state index contributed by atoms with van der Waals surface area (Å²) in [6.07, 6.45) is 5.12.